The molecule has 1 aliphatic heterocycles. The molecular formula is C30H26N4O3S. The van der Waals surface area contributed by atoms with Gasteiger partial charge < -0.3 is 4.74 Å². The fraction of sp³-hybridized carbons (Fsp3) is 0.200. The van der Waals surface area contributed by atoms with Gasteiger partial charge in [0.25, 0.3) is 5.91 Å². The van der Waals surface area contributed by atoms with Gasteiger partial charge >= 0.3 is 5.97 Å². The number of aromatic nitrogens is 2. The van der Waals surface area contributed by atoms with E-state index < -0.39 is 18.5 Å². The lowest BCUT2D eigenvalue weighted by atomic mass is 9.95. The molecule has 1 amide bonds. The molecule has 3 aromatic carbocycles. The number of fused-ring (bicyclic) bond motifs is 3. The maximum Gasteiger partial charge on any atom is 0.339 e. The van der Waals surface area contributed by atoms with Crippen molar-refractivity contribution in [2.24, 2.45) is 0 Å². The number of carbonyl (C=O) groups excluding carboxylic acids is 2. The molecule has 0 unspecified atom stereocenters. The van der Waals surface area contributed by atoms with Gasteiger partial charge in [0.15, 0.2) is 11.7 Å². The number of carbonyl (C=O) groups is 2. The lowest BCUT2D eigenvalue weighted by Crippen LogP contribution is -2.32. The summed E-state index contributed by atoms with van der Waals surface area (Å²) in [5.74, 6) is -0.941. The predicted molar refractivity (Wildman–Crippen MR) is 149 cm³/mol. The number of para-hydroxylation sites is 1. The van der Waals surface area contributed by atoms with Crippen LogP contribution in [0.3, 0.4) is 0 Å². The van der Waals surface area contributed by atoms with Crippen molar-refractivity contribution in [1.29, 1.82) is 0 Å². The first-order valence-electron chi connectivity index (χ1n) is 12.5. The van der Waals surface area contributed by atoms with Crippen LogP contribution in [0.25, 0.3) is 21.1 Å². The first-order valence-corrected chi connectivity index (χ1v) is 13.4. The SMILES string of the molecule is Cc1ccc2nc(NC(=O)COC(=O)c3c4c(nc5ccccc35)CCN(Cc3ccccc3)C4)sc2c1. The van der Waals surface area contributed by atoms with E-state index in [1.54, 1.807) is 0 Å². The Morgan fingerprint density at radius 3 is 2.68 bits per heavy atom. The molecule has 6 rings (SSSR count). The van der Waals surface area contributed by atoms with Crippen LogP contribution < -0.4 is 5.32 Å². The fourth-order valence-corrected chi connectivity index (χ4v) is 5.88. The van der Waals surface area contributed by atoms with E-state index in [4.69, 9.17) is 9.72 Å². The van der Waals surface area contributed by atoms with Gasteiger partial charge in [-0.25, -0.2) is 9.78 Å². The number of hydrogen-bond acceptors (Lipinski definition) is 7. The van der Waals surface area contributed by atoms with Crippen molar-refractivity contribution in [3.8, 4) is 0 Å². The second-order valence-electron chi connectivity index (χ2n) is 9.49. The van der Waals surface area contributed by atoms with Crippen LogP contribution >= 0.6 is 11.3 Å². The van der Waals surface area contributed by atoms with Gasteiger partial charge in [0, 0.05) is 42.7 Å². The van der Waals surface area contributed by atoms with Gasteiger partial charge in [0.1, 0.15) is 0 Å². The minimum atomic E-state index is -0.517. The normalized spacial score (nSPS) is 13.4. The summed E-state index contributed by atoms with van der Waals surface area (Å²) in [6.45, 7) is 3.84. The van der Waals surface area contributed by atoms with Crippen LogP contribution in [0.15, 0.2) is 72.8 Å². The van der Waals surface area contributed by atoms with Gasteiger partial charge in [0.2, 0.25) is 0 Å². The Hall–Kier alpha value is -4.14. The first kappa shape index (κ1) is 24.2. The van der Waals surface area contributed by atoms with Crippen molar-refractivity contribution in [3.05, 3.63) is 101 Å². The summed E-state index contributed by atoms with van der Waals surface area (Å²) < 4.78 is 6.56. The molecule has 2 aromatic heterocycles. The largest absolute Gasteiger partial charge is 0.452 e. The maximum absolute atomic E-state index is 13.5. The number of ether oxygens (including phenoxy) is 1. The molecule has 0 bridgehead atoms. The molecule has 0 saturated heterocycles. The smallest absolute Gasteiger partial charge is 0.339 e. The van der Waals surface area contributed by atoms with Crippen molar-refractivity contribution in [2.75, 3.05) is 18.5 Å². The molecule has 0 fully saturated rings. The van der Waals surface area contributed by atoms with Gasteiger partial charge in [-0.05, 0) is 36.2 Å². The Kier molecular flexibility index (Phi) is 6.57. The third-order valence-corrected chi connectivity index (χ3v) is 7.64. The third-order valence-electron chi connectivity index (χ3n) is 6.70. The Morgan fingerprint density at radius 1 is 1.00 bits per heavy atom. The Morgan fingerprint density at radius 2 is 1.82 bits per heavy atom. The monoisotopic (exact) mass is 522 g/mol. The zero-order valence-corrected chi connectivity index (χ0v) is 21.8. The zero-order chi connectivity index (χ0) is 26.1. The van der Waals surface area contributed by atoms with E-state index in [1.807, 2.05) is 67.6 Å². The topological polar surface area (TPSA) is 84.4 Å². The van der Waals surface area contributed by atoms with Crippen molar-refractivity contribution >= 4 is 49.5 Å². The van der Waals surface area contributed by atoms with E-state index in [-0.39, 0.29) is 0 Å². The van der Waals surface area contributed by atoms with Crippen LogP contribution in [0.5, 0.6) is 0 Å². The number of nitrogens with one attached hydrogen (secondary N) is 1. The number of nitrogens with zero attached hydrogens (tertiary/aromatic N) is 3. The summed E-state index contributed by atoms with van der Waals surface area (Å²) in [5.41, 5.74) is 6.20. The third kappa shape index (κ3) is 5.01. The average molecular weight is 523 g/mol. The number of esters is 1. The molecular weight excluding hydrogens is 496 g/mol. The van der Waals surface area contributed by atoms with E-state index >= 15 is 0 Å². The summed E-state index contributed by atoms with van der Waals surface area (Å²) in [5, 5.41) is 3.98. The molecule has 0 aliphatic carbocycles. The highest BCUT2D eigenvalue weighted by molar-refractivity contribution is 7.22. The van der Waals surface area contributed by atoms with E-state index in [0.717, 1.165) is 57.5 Å². The van der Waals surface area contributed by atoms with Gasteiger partial charge in [-0.15, -0.1) is 0 Å². The summed E-state index contributed by atoms with van der Waals surface area (Å²) >= 11 is 1.39. The van der Waals surface area contributed by atoms with Crippen molar-refractivity contribution in [3.63, 3.8) is 0 Å². The first-order chi connectivity index (χ1) is 18.5. The number of pyridine rings is 1. The Balaban J connectivity index is 1.21. The van der Waals surface area contributed by atoms with Gasteiger partial charge in [-0.3, -0.25) is 20.0 Å². The van der Waals surface area contributed by atoms with E-state index in [9.17, 15) is 9.59 Å². The molecule has 0 spiro atoms. The quantitative estimate of drug-likeness (QED) is 0.296. The van der Waals surface area contributed by atoms with Gasteiger partial charge in [0.05, 0.1) is 21.3 Å². The van der Waals surface area contributed by atoms with E-state index in [2.05, 4.69) is 27.3 Å². The highest BCUT2D eigenvalue weighted by atomic mass is 32.1. The summed E-state index contributed by atoms with van der Waals surface area (Å²) in [6, 6.07) is 23.8. The molecule has 7 nitrogen and oxygen atoms in total. The zero-order valence-electron chi connectivity index (χ0n) is 20.9. The van der Waals surface area contributed by atoms with Crippen LogP contribution in [0.2, 0.25) is 0 Å². The van der Waals surface area contributed by atoms with Crippen LogP contribution in [0.1, 0.15) is 32.7 Å². The minimum absolute atomic E-state index is 0.396. The van der Waals surface area contributed by atoms with Crippen LogP contribution in [0.4, 0.5) is 5.13 Å². The van der Waals surface area contributed by atoms with Crippen LogP contribution in [-0.4, -0.2) is 39.9 Å². The number of amides is 1. The van der Waals surface area contributed by atoms with Gasteiger partial charge in [-0.1, -0.05) is 65.9 Å². The maximum atomic E-state index is 13.5. The fourth-order valence-electron chi connectivity index (χ4n) is 4.90. The lowest BCUT2D eigenvalue weighted by molar-refractivity contribution is -0.119. The molecule has 3 heterocycles. The number of aryl methyl sites for hydroxylation is 1. The molecule has 0 atom stereocenters. The Labute approximate surface area is 224 Å². The average Bonchev–Trinajstić information content (AvgIpc) is 3.32. The molecule has 1 aliphatic rings. The van der Waals surface area contributed by atoms with E-state index in [0.29, 0.717) is 17.2 Å². The van der Waals surface area contributed by atoms with E-state index in [1.165, 1.54) is 16.9 Å². The van der Waals surface area contributed by atoms with Crippen molar-refractivity contribution < 1.29 is 14.3 Å². The number of benzene rings is 3. The molecule has 190 valence electrons. The molecule has 38 heavy (non-hydrogen) atoms. The minimum Gasteiger partial charge on any atom is -0.452 e. The van der Waals surface area contributed by atoms with Crippen LogP contribution in [0, 0.1) is 6.92 Å². The second kappa shape index (κ2) is 10.3. The lowest BCUT2D eigenvalue weighted by Gasteiger charge is -2.30. The number of thiazole rings is 1. The highest BCUT2D eigenvalue weighted by Crippen LogP contribution is 2.30. The predicted octanol–water partition coefficient (Wildman–Crippen LogP) is 5.51. The molecule has 0 saturated carbocycles. The number of hydrogen-bond donors (Lipinski definition) is 1. The number of anilines is 1. The summed E-state index contributed by atoms with van der Waals surface area (Å²) in [4.78, 5) is 37.7. The number of rotatable bonds is 6. The molecule has 8 heteroatoms. The highest BCUT2D eigenvalue weighted by Gasteiger charge is 2.27. The van der Waals surface area contributed by atoms with Gasteiger partial charge in [-0.2, -0.15) is 0 Å². The summed E-state index contributed by atoms with van der Waals surface area (Å²) in [6.07, 6.45) is 0.741. The van der Waals surface area contributed by atoms with Crippen LogP contribution in [-0.2, 0) is 29.0 Å². The Bertz CT molecular complexity index is 1670. The standard InChI is InChI=1S/C30H26N4O3S/c1-19-11-12-25-26(15-19)38-30(32-25)33-27(35)18-37-29(36)28-21-9-5-6-10-23(21)31-24-13-14-34(17-22(24)28)16-20-7-3-2-4-8-20/h2-12,15H,13-14,16-18H2,1H3,(H,32,33,35). The molecule has 5 aromatic rings. The summed E-state index contributed by atoms with van der Waals surface area (Å²) in [7, 11) is 0. The molecule has 1 N–H and O–H groups in total. The van der Waals surface area contributed by atoms with Crippen molar-refractivity contribution in [1.82, 2.24) is 14.9 Å². The molecule has 0 radical (unpaired) electrons. The second-order valence-corrected chi connectivity index (χ2v) is 10.5. The van der Waals surface area contributed by atoms with Crippen molar-refractivity contribution in [2.45, 2.75) is 26.4 Å².